The standard InChI is InChI=1S/C14H22O2S/c1-5-6-17-9-13(15)12-7-11(3)14(16-4)8-10(12)2/h7-8,13,15H,5-6,9H2,1-4H3. The molecule has 1 unspecified atom stereocenters. The first kappa shape index (κ1) is 14.4. The lowest BCUT2D eigenvalue weighted by atomic mass is 10.0. The quantitative estimate of drug-likeness (QED) is 0.788. The highest BCUT2D eigenvalue weighted by Gasteiger charge is 2.12. The monoisotopic (exact) mass is 254 g/mol. The van der Waals surface area contributed by atoms with E-state index in [9.17, 15) is 5.11 Å². The molecular weight excluding hydrogens is 232 g/mol. The van der Waals surface area contributed by atoms with Crippen molar-refractivity contribution < 1.29 is 9.84 Å². The molecule has 1 aromatic rings. The van der Waals surface area contributed by atoms with Crippen molar-refractivity contribution in [3.63, 3.8) is 0 Å². The molecule has 1 rings (SSSR count). The molecule has 0 spiro atoms. The summed E-state index contributed by atoms with van der Waals surface area (Å²) in [4.78, 5) is 0. The third-order valence-electron chi connectivity index (χ3n) is 2.77. The van der Waals surface area contributed by atoms with Crippen molar-refractivity contribution in [1.29, 1.82) is 0 Å². The summed E-state index contributed by atoms with van der Waals surface area (Å²) in [7, 11) is 1.68. The maximum atomic E-state index is 10.2. The molecule has 0 amide bonds. The summed E-state index contributed by atoms with van der Waals surface area (Å²) >= 11 is 1.80. The third-order valence-corrected chi connectivity index (χ3v) is 4.02. The van der Waals surface area contributed by atoms with Crippen LogP contribution in [0.25, 0.3) is 0 Å². The maximum Gasteiger partial charge on any atom is 0.122 e. The van der Waals surface area contributed by atoms with Gasteiger partial charge in [0.1, 0.15) is 5.75 Å². The van der Waals surface area contributed by atoms with Gasteiger partial charge in [-0.1, -0.05) is 6.92 Å². The number of methoxy groups -OCH3 is 1. The van der Waals surface area contributed by atoms with Gasteiger partial charge in [-0.15, -0.1) is 0 Å². The van der Waals surface area contributed by atoms with E-state index in [0.29, 0.717) is 0 Å². The number of benzene rings is 1. The van der Waals surface area contributed by atoms with Crippen molar-refractivity contribution in [2.45, 2.75) is 33.3 Å². The molecule has 0 saturated carbocycles. The highest BCUT2D eigenvalue weighted by molar-refractivity contribution is 7.99. The van der Waals surface area contributed by atoms with E-state index < -0.39 is 0 Å². The summed E-state index contributed by atoms with van der Waals surface area (Å²) in [6, 6.07) is 4.03. The van der Waals surface area contributed by atoms with Crippen LogP contribution in [0.3, 0.4) is 0 Å². The highest BCUT2D eigenvalue weighted by Crippen LogP contribution is 2.28. The summed E-state index contributed by atoms with van der Waals surface area (Å²) in [6.07, 6.45) is 0.772. The number of rotatable bonds is 6. The van der Waals surface area contributed by atoms with E-state index in [-0.39, 0.29) is 6.10 Å². The van der Waals surface area contributed by atoms with Crippen LogP contribution in [0.4, 0.5) is 0 Å². The van der Waals surface area contributed by atoms with Crippen LogP contribution in [-0.2, 0) is 0 Å². The largest absolute Gasteiger partial charge is 0.496 e. The predicted octanol–water partition coefficient (Wildman–Crippen LogP) is 3.49. The minimum absolute atomic E-state index is 0.379. The molecule has 0 saturated heterocycles. The lowest BCUT2D eigenvalue weighted by molar-refractivity contribution is 0.203. The van der Waals surface area contributed by atoms with E-state index in [1.165, 1.54) is 0 Å². The van der Waals surface area contributed by atoms with Gasteiger partial charge in [0, 0.05) is 5.75 Å². The molecule has 2 nitrogen and oxygen atoms in total. The molecule has 0 heterocycles. The van der Waals surface area contributed by atoms with Gasteiger partial charge in [0.15, 0.2) is 0 Å². The Hall–Kier alpha value is -0.670. The fourth-order valence-electron chi connectivity index (χ4n) is 1.82. The Morgan fingerprint density at radius 1 is 1.29 bits per heavy atom. The first-order valence-electron chi connectivity index (χ1n) is 6.01. The lowest BCUT2D eigenvalue weighted by Gasteiger charge is -2.16. The minimum Gasteiger partial charge on any atom is -0.496 e. The molecule has 0 aromatic heterocycles. The maximum absolute atomic E-state index is 10.2. The normalized spacial score (nSPS) is 12.5. The van der Waals surface area contributed by atoms with Crippen LogP contribution in [0, 0.1) is 13.8 Å². The Balaban J connectivity index is 2.79. The van der Waals surface area contributed by atoms with Gasteiger partial charge in [-0.25, -0.2) is 0 Å². The average molecular weight is 254 g/mol. The second-order valence-electron chi connectivity index (χ2n) is 4.27. The molecule has 0 aliphatic heterocycles. The summed E-state index contributed by atoms with van der Waals surface area (Å²) in [5.41, 5.74) is 3.19. The summed E-state index contributed by atoms with van der Waals surface area (Å²) < 4.78 is 5.27. The number of aliphatic hydroxyl groups is 1. The molecule has 1 aromatic carbocycles. The van der Waals surface area contributed by atoms with Crippen LogP contribution in [0.5, 0.6) is 5.75 Å². The third kappa shape index (κ3) is 3.93. The Morgan fingerprint density at radius 3 is 2.59 bits per heavy atom. The molecule has 0 aliphatic carbocycles. The second-order valence-corrected chi connectivity index (χ2v) is 5.42. The van der Waals surface area contributed by atoms with Crippen LogP contribution in [0.1, 0.15) is 36.1 Å². The van der Waals surface area contributed by atoms with Crippen LogP contribution in [-0.4, -0.2) is 23.7 Å². The summed E-state index contributed by atoms with van der Waals surface area (Å²) in [6.45, 7) is 6.18. The van der Waals surface area contributed by atoms with Gasteiger partial charge >= 0.3 is 0 Å². The summed E-state index contributed by atoms with van der Waals surface area (Å²) in [5.74, 6) is 2.76. The molecular formula is C14H22O2S. The van der Waals surface area contributed by atoms with Gasteiger partial charge in [-0.3, -0.25) is 0 Å². The molecule has 1 N–H and O–H groups in total. The van der Waals surface area contributed by atoms with Gasteiger partial charge in [0.25, 0.3) is 0 Å². The summed E-state index contributed by atoms with van der Waals surface area (Å²) in [5, 5.41) is 10.2. The number of thioether (sulfide) groups is 1. The van der Waals surface area contributed by atoms with Crippen molar-refractivity contribution >= 4 is 11.8 Å². The first-order chi connectivity index (χ1) is 8.10. The van der Waals surface area contributed by atoms with Crippen molar-refractivity contribution in [3.05, 3.63) is 28.8 Å². The van der Waals surface area contributed by atoms with E-state index >= 15 is 0 Å². The fourth-order valence-corrected chi connectivity index (χ4v) is 2.68. The fraction of sp³-hybridized carbons (Fsp3) is 0.571. The topological polar surface area (TPSA) is 29.5 Å². The molecule has 3 heteroatoms. The highest BCUT2D eigenvalue weighted by atomic mass is 32.2. The molecule has 96 valence electrons. The SMILES string of the molecule is CCCSCC(O)c1cc(C)c(OC)cc1C. The number of hydrogen-bond donors (Lipinski definition) is 1. The Labute approximate surface area is 108 Å². The Morgan fingerprint density at radius 2 is 2.00 bits per heavy atom. The molecule has 0 radical (unpaired) electrons. The van der Waals surface area contributed by atoms with Crippen LogP contribution in [0.2, 0.25) is 0 Å². The minimum atomic E-state index is -0.379. The number of ether oxygens (including phenoxy) is 1. The number of aryl methyl sites for hydroxylation is 2. The average Bonchev–Trinajstić information content (AvgIpc) is 2.31. The zero-order valence-corrected chi connectivity index (χ0v) is 11.9. The molecule has 1 atom stereocenters. The molecule has 17 heavy (non-hydrogen) atoms. The van der Waals surface area contributed by atoms with Crippen molar-refractivity contribution in [3.8, 4) is 5.75 Å². The van der Waals surface area contributed by atoms with Crippen molar-refractivity contribution in [2.75, 3.05) is 18.6 Å². The van der Waals surface area contributed by atoms with Crippen LogP contribution >= 0.6 is 11.8 Å². The van der Waals surface area contributed by atoms with E-state index in [2.05, 4.69) is 6.92 Å². The van der Waals surface area contributed by atoms with Gasteiger partial charge in [0.05, 0.1) is 13.2 Å². The zero-order chi connectivity index (χ0) is 12.8. The van der Waals surface area contributed by atoms with Crippen LogP contribution < -0.4 is 4.74 Å². The van der Waals surface area contributed by atoms with E-state index in [4.69, 9.17) is 4.74 Å². The van der Waals surface area contributed by atoms with Gasteiger partial charge in [-0.2, -0.15) is 11.8 Å². The molecule has 0 aliphatic rings. The second kappa shape index (κ2) is 6.92. The van der Waals surface area contributed by atoms with Gasteiger partial charge in [-0.05, 0) is 54.8 Å². The molecule has 0 bridgehead atoms. The van der Waals surface area contributed by atoms with Crippen molar-refractivity contribution in [1.82, 2.24) is 0 Å². The number of aliphatic hydroxyl groups excluding tert-OH is 1. The van der Waals surface area contributed by atoms with E-state index in [0.717, 1.165) is 40.4 Å². The molecule has 0 fully saturated rings. The number of hydrogen-bond acceptors (Lipinski definition) is 3. The Kier molecular flexibility index (Phi) is 5.86. The first-order valence-corrected chi connectivity index (χ1v) is 7.16. The van der Waals surface area contributed by atoms with Crippen LogP contribution in [0.15, 0.2) is 12.1 Å². The zero-order valence-electron chi connectivity index (χ0n) is 11.1. The Bertz CT molecular complexity index is 363. The smallest absolute Gasteiger partial charge is 0.122 e. The van der Waals surface area contributed by atoms with Gasteiger partial charge < -0.3 is 9.84 Å². The van der Waals surface area contributed by atoms with E-state index in [1.807, 2.05) is 26.0 Å². The van der Waals surface area contributed by atoms with E-state index in [1.54, 1.807) is 18.9 Å². The lowest BCUT2D eigenvalue weighted by Crippen LogP contribution is -2.04. The van der Waals surface area contributed by atoms with Crippen molar-refractivity contribution in [2.24, 2.45) is 0 Å². The van der Waals surface area contributed by atoms with Gasteiger partial charge in [0.2, 0.25) is 0 Å². The predicted molar refractivity (Wildman–Crippen MR) is 75.0 cm³/mol.